The summed E-state index contributed by atoms with van der Waals surface area (Å²) in [5.41, 5.74) is 12.3. The van der Waals surface area contributed by atoms with Gasteiger partial charge in [0.1, 0.15) is 5.82 Å². The molecule has 0 unspecified atom stereocenters. The fraction of sp³-hybridized carbons (Fsp3) is 0.538. The smallest absolute Gasteiger partial charge is 0.252 e. The molecule has 0 aliphatic carbocycles. The number of piperidine rings is 1. The van der Waals surface area contributed by atoms with Crippen LogP contribution in [0.5, 0.6) is 0 Å². The molecule has 0 aromatic carbocycles. The summed E-state index contributed by atoms with van der Waals surface area (Å²) < 4.78 is 0. The summed E-state index contributed by atoms with van der Waals surface area (Å²) in [6.07, 6.45) is 3.73. The van der Waals surface area contributed by atoms with Crippen molar-refractivity contribution in [1.82, 2.24) is 4.98 Å². The number of nitrogens with zero attached hydrogens (tertiary/aromatic N) is 2. The second kappa shape index (κ2) is 4.48. The maximum Gasteiger partial charge on any atom is 0.252 e. The SMILES string of the molecule is CC1(C)CCN(c2ncc(N)cc2C(N)=O)CC1. The van der Waals surface area contributed by atoms with Gasteiger partial charge in [0.2, 0.25) is 0 Å². The Hall–Kier alpha value is -1.78. The van der Waals surface area contributed by atoms with Crippen molar-refractivity contribution in [3.8, 4) is 0 Å². The van der Waals surface area contributed by atoms with Gasteiger partial charge in [-0.15, -0.1) is 0 Å². The van der Waals surface area contributed by atoms with E-state index >= 15 is 0 Å². The molecule has 0 spiro atoms. The Balaban J connectivity index is 2.26. The highest BCUT2D eigenvalue weighted by atomic mass is 16.1. The third kappa shape index (κ3) is 2.55. The lowest BCUT2D eigenvalue weighted by Gasteiger charge is -2.38. The van der Waals surface area contributed by atoms with Gasteiger partial charge in [-0.2, -0.15) is 0 Å². The van der Waals surface area contributed by atoms with Crippen LogP contribution in [0.4, 0.5) is 11.5 Å². The molecule has 4 N–H and O–H groups in total. The van der Waals surface area contributed by atoms with Gasteiger partial charge in [-0.05, 0) is 24.3 Å². The molecule has 2 rings (SSSR count). The lowest BCUT2D eigenvalue weighted by atomic mass is 9.82. The number of nitrogen functional groups attached to an aromatic ring is 1. The van der Waals surface area contributed by atoms with Crippen molar-refractivity contribution >= 4 is 17.4 Å². The predicted octanol–water partition coefficient (Wildman–Crippen LogP) is 1.39. The van der Waals surface area contributed by atoms with Crippen LogP contribution in [0, 0.1) is 5.41 Å². The third-order valence-corrected chi connectivity index (χ3v) is 3.57. The predicted molar refractivity (Wildman–Crippen MR) is 72.4 cm³/mol. The Kier molecular flexibility index (Phi) is 3.15. The highest BCUT2D eigenvalue weighted by molar-refractivity contribution is 5.98. The number of aromatic nitrogens is 1. The van der Waals surface area contributed by atoms with E-state index in [4.69, 9.17) is 11.5 Å². The highest BCUT2D eigenvalue weighted by Gasteiger charge is 2.27. The van der Waals surface area contributed by atoms with E-state index in [1.54, 1.807) is 12.3 Å². The number of carbonyl (C=O) groups excluding carboxylic acids is 1. The van der Waals surface area contributed by atoms with Crippen LogP contribution >= 0.6 is 0 Å². The van der Waals surface area contributed by atoms with Gasteiger partial charge in [-0.1, -0.05) is 13.8 Å². The number of nitrogens with two attached hydrogens (primary N) is 2. The van der Waals surface area contributed by atoms with E-state index in [1.807, 2.05) is 0 Å². The first-order valence-electron chi connectivity index (χ1n) is 6.19. The molecule has 18 heavy (non-hydrogen) atoms. The van der Waals surface area contributed by atoms with Crippen LogP contribution in [-0.2, 0) is 0 Å². The summed E-state index contributed by atoms with van der Waals surface area (Å²) in [7, 11) is 0. The average molecular weight is 248 g/mol. The van der Waals surface area contributed by atoms with E-state index in [9.17, 15) is 4.79 Å². The van der Waals surface area contributed by atoms with Gasteiger partial charge in [0.25, 0.3) is 5.91 Å². The largest absolute Gasteiger partial charge is 0.397 e. The van der Waals surface area contributed by atoms with Gasteiger partial charge in [0.05, 0.1) is 17.4 Å². The normalized spacial score (nSPS) is 18.7. The summed E-state index contributed by atoms with van der Waals surface area (Å²) in [6, 6.07) is 1.60. The van der Waals surface area contributed by atoms with Crippen molar-refractivity contribution in [2.24, 2.45) is 11.1 Å². The van der Waals surface area contributed by atoms with Crippen LogP contribution in [0.2, 0.25) is 0 Å². The fourth-order valence-electron chi connectivity index (χ4n) is 2.23. The second-order valence-electron chi connectivity index (χ2n) is 5.66. The first-order chi connectivity index (χ1) is 8.39. The van der Waals surface area contributed by atoms with Crippen molar-refractivity contribution in [3.05, 3.63) is 17.8 Å². The van der Waals surface area contributed by atoms with E-state index < -0.39 is 5.91 Å². The molecule has 5 heteroatoms. The minimum atomic E-state index is -0.477. The van der Waals surface area contributed by atoms with Crippen LogP contribution in [0.1, 0.15) is 37.0 Å². The Morgan fingerprint density at radius 3 is 2.56 bits per heavy atom. The Morgan fingerprint density at radius 1 is 1.39 bits per heavy atom. The zero-order valence-corrected chi connectivity index (χ0v) is 10.9. The molecule has 1 fully saturated rings. The van der Waals surface area contributed by atoms with Gasteiger partial charge in [0, 0.05) is 13.1 Å². The molecule has 0 atom stereocenters. The number of amides is 1. The lowest BCUT2D eigenvalue weighted by molar-refractivity contribution is 0.100. The molecule has 1 aliphatic rings. The van der Waals surface area contributed by atoms with Gasteiger partial charge < -0.3 is 16.4 Å². The standard InChI is InChI=1S/C13H20N4O/c1-13(2)3-5-17(6-4-13)12-10(11(15)18)7-9(14)8-16-12/h7-8H,3-6,14H2,1-2H3,(H2,15,18). The third-order valence-electron chi connectivity index (χ3n) is 3.57. The number of hydrogen-bond donors (Lipinski definition) is 2. The summed E-state index contributed by atoms with van der Waals surface area (Å²) in [6.45, 7) is 6.31. The molecule has 0 bridgehead atoms. The molecule has 2 heterocycles. The Morgan fingerprint density at radius 2 is 2.00 bits per heavy atom. The lowest BCUT2D eigenvalue weighted by Crippen LogP contribution is -2.38. The number of primary amides is 1. The van der Waals surface area contributed by atoms with E-state index in [2.05, 4.69) is 23.7 Å². The second-order valence-corrected chi connectivity index (χ2v) is 5.66. The molecule has 1 aromatic heterocycles. The number of rotatable bonds is 2. The van der Waals surface area contributed by atoms with Crippen molar-refractivity contribution < 1.29 is 4.79 Å². The first kappa shape index (κ1) is 12.7. The number of carbonyl (C=O) groups is 1. The average Bonchev–Trinajstić information content (AvgIpc) is 2.29. The number of pyridine rings is 1. The van der Waals surface area contributed by atoms with Crippen molar-refractivity contribution in [1.29, 1.82) is 0 Å². The Bertz CT molecular complexity index is 460. The summed E-state index contributed by atoms with van der Waals surface area (Å²) in [4.78, 5) is 17.8. The minimum absolute atomic E-state index is 0.358. The van der Waals surface area contributed by atoms with Gasteiger partial charge >= 0.3 is 0 Å². The molecular formula is C13H20N4O. The molecular weight excluding hydrogens is 228 g/mol. The molecule has 1 aromatic rings. The van der Waals surface area contributed by atoms with Crippen LogP contribution in [0.3, 0.4) is 0 Å². The van der Waals surface area contributed by atoms with Crippen LogP contribution in [0.25, 0.3) is 0 Å². The monoisotopic (exact) mass is 248 g/mol. The van der Waals surface area contributed by atoms with E-state index in [0.29, 0.717) is 22.5 Å². The first-order valence-corrected chi connectivity index (χ1v) is 6.19. The van der Waals surface area contributed by atoms with Crippen molar-refractivity contribution in [2.45, 2.75) is 26.7 Å². The molecule has 1 amide bonds. The van der Waals surface area contributed by atoms with Crippen molar-refractivity contribution in [2.75, 3.05) is 23.7 Å². The topological polar surface area (TPSA) is 85.2 Å². The van der Waals surface area contributed by atoms with Crippen molar-refractivity contribution in [3.63, 3.8) is 0 Å². The Labute approximate surface area is 107 Å². The highest BCUT2D eigenvalue weighted by Crippen LogP contribution is 2.32. The molecule has 1 aliphatic heterocycles. The molecule has 5 nitrogen and oxygen atoms in total. The number of anilines is 2. The van der Waals surface area contributed by atoms with E-state index in [1.165, 1.54) is 0 Å². The van der Waals surface area contributed by atoms with Gasteiger partial charge in [0.15, 0.2) is 0 Å². The quantitative estimate of drug-likeness (QED) is 0.828. The summed E-state index contributed by atoms with van der Waals surface area (Å²) in [5.74, 6) is 0.182. The molecule has 0 saturated carbocycles. The zero-order valence-electron chi connectivity index (χ0n) is 10.9. The maximum absolute atomic E-state index is 11.4. The maximum atomic E-state index is 11.4. The van der Waals surface area contributed by atoms with E-state index in [-0.39, 0.29) is 0 Å². The molecule has 98 valence electrons. The van der Waals surface area contributed by atoms with Crippen LogP contribution in [-0.4, -0.2) is 24.0 Å². The van der Waals surface area contributed by atoms with Crippen LogP contribution in [0.15, 0.2) is 12.3 Å². The van der Waals surface area contributed by atoms with Gasteiger partial charge in [-0.3, -0.25) is 4.79 Å². The van der Waals surface area contributed by atoms with Crippen LogP contribution < -0.4 is 16.4 Å². The summed E-state index contributed by atoms with van der Waals surface area (Å²) in [5, 5.41) is 0. The van der Waals surface area contributed by atoms with Gasteiger partial charge in [-0.25, -0.2) is 4.98 Å². The minimum Gasteiger partial charge on any atom is -0.397 e. The zero-order chi connectivity index (χ0) is 13.3. The summed E-state index contributed by atoms with van der Waals surface area (Å²) >= 11 is 0. The fourth-order valence-corrected chi connectivity index (χ4v) is 2.23. The number of hydrogen-bond acceptors (Lipinski definition) is 4. The molecule has 0 radical (unpaired) electrons. The molecule has 1 saturated heterocycles. The van der Waals surface area contributed by atoms with E-state index in [0.717, 1.165) is 25.9 Å².